The van der Waals surface area contributed by atoms with Crippen LogP contribution in [-0.4, -0.2) is 44.3 Å². The van der Waals surface area contributed by atoms with Crippen molar-refractivity contribution >= 4 is 34.0 Å². The Kier molecular flexibility index (Phi) is 6.85. The monoisotopic (exact) mass is 387 g/mol. The number of rotatable bonds is 6. The normalized spacial score (nSPS) is 19.2. The Hall–Kier alpha value is -1.15. The van der Waals surface area contributed by atoms with Crippen molar-refractivity contribution in [1.29, 1.82) is 0 Å². The van der Waals surface area contributed by atoms with Gasteiger partial charge in [-0.3, -0.25) is 4.79 Å². The van der Waals surface area contributed by atoms with Crippen LogP contribution in [0.2, 0.25) is 0 Å². The zero-order chi connectivity index (χ0) is 17.2. The Labute approximate surface area is 155 Å². The fourth-order valence-electron chi connectivity index (χ4n) is 3.02. The van der Waals surface area contributed by atoms with E-state index in [-0.39, 0.29) is 23.2 Å². The Morgan fingerprint density at radius 1 is 1.12 bits per heavy atom. The smallest absolute Gasteiger partial charge is 0.243 e. The molecule has 2 aliphatic rings. The summed E-state index contributed by atoms with van der Waals surface area (Å²) in [7, 11) is -3.46. The van der Waals surface area contributed by atoms with Crippen LogP contribution >= 0.6 is 12.4 Å². The molecule has 0 atom stereocenters. The van der Waals surface area contributed by atoms with Crippen LogP contribution in [0.3, 0.4) is 0 Å². The summed E-state index contributed by atoms with van der Waals surface area (Å²) in [5.41, 5.74) is 0.601. The highest BCUT2D eigenvalue weighted by Crippen LogP contribution is 2.28. The molecule has 0 radical (unpaired) electrons. The van der Waals surface area contributed by atoms with Gasteiger partial charge >= 0.3 is 0 Å². The molecular weight excluding hydrogens is 362 g/mol. The standard InChI is InChI=1S/C17H25N3O3S.ClH/c1-13(21)19-16-4-6-17(7-5-16)24(22,23)20-10-8-15(9-11-20)18-12-14-2-3-14;/h4-7,14-15,18H,2-3,8-12H2,1H3,(H,19,21);1H. The molecule has 0 bridgehead atoms. The van der Waals surface area contributed by atoms with Gasteiger partial charge in [-0.2, -0.15) is 4.31 Å². The van der Waals surface area contributed by atoms with Crippen LogP contribution < -0.4 is 10.6 Å². The Morgan fingerprint density at radius 3 is 2.24 bits per heavy atom. The van der Waals surface area contributed by atoms with E-state index in [0.29, 0.717) is 24.8 Å². The van der Waals surface area contributed by atoms with Crippen molar-refractivity contribution in [3.05, 3.63) is 24.3 Å². The first kappa shape index (κ1) is 20.2. The number of carbonyl (C=O) groups is 1. The Balaban J connectivity index is 0.00000225. The van der Waals surface area contributed by atoms with Gasteiger partial charge in [-0.25, -0.2) is 8.42 Å². The largest absolute Gasteiger partial charge is 0.326 e. The van der Waals surface area contributed by atoms with E-state index in [9.17, 15) is 13.2 Å². The zero-order valence-corrected chi connectivity index (χ0v) is 16.0. The Morgan fingerprint density at radius 2 is 1.72 bits per heavy atom. The third-order valence-electron chi connectivity index (χ3n) is 4.66. The van der Waals surface area contributed by atoms with Gasteiger partial charge in [-0.05, 0) is 62.4 Å². The second-order valence-corrected chi connectivity index (χ2v) is 8.67. The lowest BCUT2D eigenvalue weighted by atomic mass is 10.1. The maximum absolute atomic E-state index is 12.7. The lowest BCUT2D eigenvalue weighted by molar-refractivity contribution is -0.114. The molecule has 25 heavy (non-hydrogen) atoms. The number of sulfonamides is 1. The number of nitrogens with zero attached hydrogens (tertiary/aromatic N) is 1. The molecule has 2 fully saturated rings. The fourth-order valence-corrected chi connectivity index (χ4v) is 4.49. The summed E-state index contributed by atoms with van der Waals surface area (Å²) in [5.74, 6) is 0.667. The molecule has 1 amide bonds. The number of carbonyl (C=O) groups excluding carboxylic acids is 1. The third kappa shape index (κ3) is 5.41. The van der Waals surface area contributed by atoms with Crippen LogP contribution in [0, 0.1) is 5.92 Å². The molecule has 6 nitrogen and oxygen atoms in total. The minimum Gasteiger partial charge on any atom is -0.326 e. The van der Waals surface area contributed by atoms with Crippen LogP contribution in [0.4, 0.5) is 5.69 Å². The van der Waals surface area contributed by atoms with E-state index in [1.807, 2.05) is 0 Å². The fraction of sp³-hybridized carbons (Fsp3) is 0.588. The number of benzene rings is 1. The van der Waals surface area contributed by atoms with Gasteiger partial charge in [0, 0.05) is 31.7 Å². The number of nitrogens with one attached hydrogen (secondary N) is 2. The van der Waals surface area contributed by atoms with Gasteiger partial charge < -0.3 is 10.6 Å². The molecule has 1 aromatic rings. The predicted octanol–water partition coefficient (Wildman–Crippen LogP) is 2.22. The zero-order valence-electron chi connectivity index (χ0n) is 14.4. The van der Waals surface area contributed by atoms with Crippen molar-refractivity contribution in [2.75, 3.05) is 25.0 Å². The lowest BCUT2D eigenvalue weighted by Crippen LogP contribution is -2.45. The molecule has 1 aromatic carbocycles. The molecule has 1 saturated heterocycles. The topological polar surface area (TPSA) is 78.5 Å². The summed E-state index contributed by atoms with van der Waals surface area (Å²) in [5, 5.41) is 6.20. The highest BCUT2D eigenvalue weighted by atomic mass is 35.5. The van der Waals surface area contributed by atoms with Crippen molar-refractivity contribution < 1.29 is 13.2 Å². The maximum Gasteiger partial charge on any atom is 0.243 e. The molecule has 1 aliphatic carbocycles. The number of anilines is 1. The first-order valence-corrected chi connectivity index (χ1v) is 10.0. The van der Waals surface area contributed by atoms with Crippen LogP contribution in [-0.2, 0) is 14.8 Å². The molecule has 3 rings (SSSR count). The van der Waals surface area contributed by atoms with Crippen LogP contribution in [0.15, 0.2) is 29.2 Å². The number of amides is 1. The Bertz CT molecular complexity index is 682. The molecule has 0 unspecified atom stereocenters. The summed E-state index contributed by atoms with van der Waals surface area (Å²) in [6.45, 7) is 3.60. The number of hydrogen-bond donors (Lipinski definition) is 2. The lowest BCUT2D eigenvalue weighted by Gasteiger charge is -2.31. The first-order chi connectivity index (χ1) is 11.4. The molecule has 0 spiro atoms. The summed E-state index contributed by atoms with van der Waals surface area (Å²) in [4.78, 5) is 11.3. The second kappa shape index (κ2) is 8.49. The average Bonchev–Trinajstić information content (AvgIpc) is 3.38. The molecule has 1 saturated carbocycles. The van der Waals surface area contributed by atoms with Crippen LogP contribution in [0.25, 0.3) is 0 Å². The summed E-state index contributed by atoms with van der Waals surface area (Å²) >= 11 is 0. The highest BCUT2D eigenvalue weighted by molar-refractivity contribution is 7.89. The van der Waals surface area contributed by atoms with Crippen molar-refractivity contribution in [1.82, 2.24) is 9.62 Å². The number of halogens is 1. The average molecular weight is 388 g/mol. The van der Waals surface area contributed by atoms with Crippen LogP contribution in [0.5, 0.6) is 0 Å². The quantitative estimate of drug-likeness (QED) is 0.784. The van der Waals surface area contributed by atoms with Gasteiger partial charge in [0.25, 0.3) is 0 Å². The van der Waals surface area contributed by atoms with E-state index in [1.165, 1.54) is 19.8 Å². The van der Waals surface area contributed by atoms with Crippen molar-refractivity contribution in [3.8, 4) is 0 Å². The molecule has 0 aromatic heterocycles. The van der Waals surface area contributed by atoms with E-state index in [2.05, 4.69) is 10.6 Å². The SMILES string of the molecule is CC(=O)Nc1ccc(S(=O)(=O)N2CCC(NCC3CC3)CC2)cc1.Cl. The molecule has 140 valence electrons. The minimum atomic E-state index is -3.46. The van der Waals surface area contributed by atoms with Gasteiger partial charge in [0.15, 0.2) is 0 Å². The van der Waals surface area contributed by atoms with Crippen molar-refractivity contribution in [3.63, 3.8) is 0 Å². The van der Waals surface area contributed by atoms with E-state index in [0.717, 1.165) is 25.3 Å². The summed E-state index contributed by atoms with van der Waals surface area (Å²) < 4.78 is 27.0. The van der Waals surface area contributed by atoms with Crippen molar-refractivity contribution in [2.24, 2.45) is 5.92 Å². The van der Waals surface area contributed by atoms with E-state index in [4.69, 9.17) is 0 Å². The highest BCUT2D eigenvalue weighted by Gasteiger charge is 2.30. The van der Waals surface area contributed by atoms with Crippen molar-refractivity contribution in [2.45, 2.75) is 43.5 Å². The molecule has 2 N–H and O–H groups in total. The van der Waals surface area contributed by atoms with Gasteiger partial charge in [-0.1, -0.05) is 0 Å². The third-order valence-corrected chi connectivity index (χ3v) is 6.57. The molecule has 8 heteroatoms. The van der Waals surface area contributed by atoms with Gasteiger partial charge in [0.2, 0.25) is 15.9 Å². The maximum atomic E-state index is 12.7. The van der Waals surface area contributed by atoms with Gasteiger partial charge in [0.05, 0.1) is 4.90 Å². The predicted molar refractivity (Wildman–Crippen MR) is 101 cm³/mol. The number of hydrogen-bond acceptors (Lipinski definition) is 4. The summed E-state index contributed by atoms with van der Waals surface area (Å²) in [6.07, 6.45) is 4.37. The van der Waals surface area contributed by atoms with E-state index >= 15 is 0 Å². The summed E-state index contributed by atoms with van der Waals surface area (Å²) in [6, 6.07) is 6.78. The first-order valence-electron chi connectivity index (χ1n) is 8.56. The molecule has 1 heterocycles. The van der Waals surface area contributed by atoms with Gasteiger partial charge in [-0.15, -0.1) is 12.4 Å². The number of piperidine rings is 1. The molecule has 1 aliphatic heterocycles. The van der Waals surface area contributed by atoms with Gasteiger partial charge in [0.1, 0.15) is 0 Å². The minimum absolute atomic E-state index is 0. The molecular formula is C17H26ClN3O3S. The second-order valence-electron chi connectivity index (χ2n) is 6.74. The van der Waals surface area contributed by atoms with Crippen LogP contribution in [0.1, 0.15) is 32.6 Å². The van der Waals surface area contributed by atoms with E-state index < -0.39 is 10.0 Å². The van der Waals surface area contributed by atoms with E-state index in [1.54, 1.807) is 28.6 Å².